The monoisotopic (exact) mass is 662 g/mol. The molecule has 0 saturated heterocycles. The fourth-order valence-electron chi connectivity index (χ4n) is 5.63. The van der Waals surface area contributed by atoms with Crippen LogP contribution in [0, 0.1) is 35.5 Å². The Kier molecular flexibility index (Phi) is 8.18. The summed E-state index contributed by atoms with van der Waals surface area (Å²) in [4.78, 5) is 8.26. The van der Waals surface area contributed by atoms with E-state index in [4.69, 9.17) is 11.6 Å². The largest absolute Gasteiger partial charge is 0.413 e. The van der Waals surface area contributed by atoms with Gasteiger partial charge in [-0.3, -0.25) is 9.99 Å². The minimum Gasteiger partial charge on any atom is -0.377 e. The number of rotatable bonds is 10. The number of nitriles is 2. The van der Waals surface area contributed by atoms with Crippen LogP contribution in [0.5, 0.6) is 0 Å². The summed E-state index contributed by atoms with van der Waals surface area (Å²) in [6, 6.07) is 16.8. The average Bonchev–Trinajstić information content (AvgIpc) is 3.73. The van der Waals surface area contributed by atoms with Crippen molar-refractivity contribution in [1.29, 1.82) is 10.5 Å². The van der Waals surface area contributed by atoms with Gasteiger partial charge in [-0.2, -0.15) is 28.1 Å². The molecule has 1 aliphatic heterocycles. The zero-order valence-electron chi connectivity index (χ0n) is 25.9. The van der Waals surface area contributed by atoms with Crippen LogP contribution in [0.1, 0.15) is 61.5 Å². The van der Waals surface area contributed by atoms with Crippen LogP contribution in [-0.2, 0) is 0 Å². The first-order chi connectivity index (χ1) is 22.9. The molecule has 3 heterocycles. The number of fused-ring (bicyclic) bond motifs is 1. The van der Waals surface area contributed by atoms with Gasteiger partial charge in [0.05, 0.1) is 47.0 Å². The lowest BCUT2D eigenvalue weighted by atomic mass is 10.00. The molecule has 0 spiro atoms. The third-order valence-corrected chi connectivity index (χ3v) is 8.54. The predicted octanol–water partition coefficient (Wildman–Crippen LogP) is 7.47. The lowest BCUT2D eigenvalue weighted by molar-refractivity contribution is -0.195. The zero-order valence-corrected chi connectivity index (χ0v) is 25.6. The Hall–Kier alpha value is -5.11. The van der Waals surface area contributed by atoms with E-state index in [9.17, 15) is 29.5 Å². The number of benzene rings is 2. The molecule has 2 aromatic heterocycles. The molecule has 9 nitrogen and oxygen atoms in total. The molecule has 1 saturated carbocycles. The second-order valence-corrected chi connectivity index (χ2v) is 11.7. The van der Waals surface area contributed by atoms with E-state index < -0.39 is 23.7 Å². The van der Waals surface area contributed by atoms with Crippen molar-refractivity contribution in [3.05, 3.63) is 106 Å². The Morgan fingerprint density at radius 3 is 2.57 bits per heavy atom. The molecule has 14 heteroatoms. The second kappa shape index (κ2) is 12.6. The van der Waals surface area contributed by atoms with Crippen molar-refractivity contribution in [2.45, 2.75) is 56.4 Å². The maximum Gasteiger partial charge on any atom is 0.413 e. The van der Waals surface area contributed by atoms with Crippen LogP contribution in [0.2, 0.25) is 5.02 Å². The van der Waals surface area contributed by atoms with Crippen LogP contribution >= 0.6 is 11.6 Å². The minimum atomic E-state index is -4.54. The Labute approximate surface area is 274 Å². The zero-order chi connectivity index (χ0) is 34.3. The van der Waals surface area contributed by atoms with Crippen LogP contribution in [0.25, 0.3) is 10.9 Å². The van der Waals surface area contributed by atoms with Gasteiger partial charge >= 0.3 is 6.18 Å². The number of alkyl halides is 3. The smallest absolute Gasteiger partial charge is 0.377 e. The number of anilines is 2. The van der Waals surface area contributed by atoms with Gasteiger partial charge in [-0.25, -0.2) is 4.98 Å². The maximum absolute atomic E-state index is 14.1. The summed E-state index contributed by atoms with van der Waals surface area (Å²) in [7, 11) is 0. The normalized spacial score (nSPS) is 17.4. The van der Waals surface area contributed by atoms with Gasteiger partial charge in [0, 0.05) is 41.1 Å². The fraction of sp³-hybridized carbons (Fsp3) is 0.273. The van der Waals surface area contributed by atoms with Crippen LogP contribution in [-0.4, -0.2) is 26.7 Å². The number of nitrogens with zero attached hydrogens (tertiary/aromatic N) is 5. The van der Waals surface area contributed by atoms with Crippen LogP contribution < -0.4 is 21.6 Å². The highest BCUT2D eigenvalue weighted by molar-refractivity contribution is 6.35. The van der Waals surface area contributed by atoms with Gasteiger partial charge < -0.3 is 16.1 Å². The molecule has 47 heavy (non-hydrogen) atoms. The molecule has 2 aliphatic rings. The highest BCUT2D eigenvalue weighted by atomic mass is 35.5. The van der Waals surface area contributed by atoms with Crippen molar-refractivity contribution in [3.8, 4) is 12.1 Å². The van der Waals surface area contributed by atoms with Crippen LogP contribution in [0.15, 0.2) is 72.7 Å². The molecular formula is C33H28ClF4N9. The molecule has 240 valence electrons. The summed E-state index contributed by atoms with van der Waals surface area (Å²) >= 11 is 6.74. The number of aromatic nitrogens is 2. The van der Waals surface area contributed by atoms with Crippen molar-refractivity contribution < 1.29 is 18.9 Å². The number of hydrogen-bond acceptors (Lipinski definition) is 9. The summed E-state index contributed by atoms with van der Waals surface area (Å²) in [5.41, 5.74) is 5.44. The summed E-state index contributed by atoms with van der Waals surface area (Å²) in [6.07, 6.45) is -1.57. The Bertz CT molecular complexity index is 1990. The number of aryl methyl sites for hydroxylation is 1. The Balaban J connectivity index is 1.46. The number of pyridine rings is 2. The van der Waals surface area contributed by atoms with Crippen molar-refractivity contribution in [2.24, 2.45) is 0 Å². The first-order valence-electron chi connectivity index (χ1n) is 15.1. The predicted molar refractivity (Wildman–Crippen MR) is 169 cm³/mol. The molecule has 4 N–H and O–H groups in total. The lowest BCUT2D eigenvalue weighted by Gasteiger charge is -2.28. The van der Waals surface area contributed by atoms with Crippen molar-refractivity contribution in [1.82, 2.24) is 25.9 Å². The standard InChI is InChI=1S/C33H28ClF4N9/c1-19-23(9-10-28(35)42-19)31(27-18-47(46-45-27)32(11-12-32)33(36,37)38)43-22-14-24-29(21(16-40)17-41-30(24)25(34)15-22)44-26(8-5-13-39)20-6-3-2-4-7-20/h2-4,6-7,9-10,14-15,17-18,26,31,43,45-46H,5,8,11-12H2,1H3,(H,41,44)/t26-,31+/m1/s1/i31D. The quantitative estimate of drug-likeness (QED) is 0.101. The van der Waals surface area contributed by atoms with E-state index in [0.29, 0.717) is 23.0 Å². The molecule has 4 aromatic rings. The second-order valence-electron chi connectivity index (χ2n) is 11.3. The van der Waals surface area contributed by atoms with Gasteiger partial charge in [0.1, 0.15) is 6.07 Å². The minimum absolute atomic E-state index is 0.0198. The Morgan fingerprint density at radius 1 is 1.15 bits per heavy atom. The van der Waals surface area contributed by atoms with E-state index in [1.807, 2.05) is 30.3 Å². The van der Waals surface area contributed by atoms with E-state index in [1.54, 1.807) is 6.07 Å². The van der Waals surface area contributed by atoms with Crippen LogP contribution in [0.3, 0.4) is 0 Å². The molecular weight excluding hydrogens is 634 g/mol. The van der Waals surface area contributed by atoms with Gasteiger partial charge in [-0.05, 0) is 49.9 Å². The Morgan fingerprint density at radius 2 is 1.91 bits per heavy atom. The molecule has 1 aliphatic carbocycles. The molecule has 0 radical (unpaired) electrons. The van der Waals surface area contributed by atoms with Crippen LogP contribution in [0.4, 0.5) is 28.9 Å². The number of halogens is 5. The summed E-state index contributed by atoms with van der Waals surface area (Å²) in [5, 5.41) is 27.4. The number of nitrogens with one attached hydrogen (secondary N) is 4. The number of hydrazine groups is 2. The highest BCUT2D eigenvalue weighted by Crippen LogP contribution is 2.54. The van der Waals surface area contributed by atoms with Gasteiger partial charge in [0.15, 0.2) is 5.54 Å². The third kappa shape index (κ3) is 6.20. The topological polar surface area (TPSA) is 125 Å². The lowest BCUT2D eigenvalue weighted by Crippen LogP contribution is -2.52. The maximum atomic E-state index is 14.1. The van der Waals surface area contributed by atoms with Gasteiger partial charge in [0.2, 0.25) is 5.95 Å². The van der Waals surface area contributed by atoms with E-state index in [0.717, 1.165) is 16.6 Å². The molecule has 0 unspecified atom stereocenters. The summed E-state index contributed by atoms with van der Waals surface area (Å²) in [6.45, 7) is 1.49. The average molecular weight is 663 g/mol. The first-order valence-corrected chi connectivity index (χ1v) is 15.0. The first kappa shape index (κ1) is 30.5. The third-order valence-electron chi connectivity index (χ3n) is 8.25. The van der Waals surface area contributed by atoms with E-state index in [2.05, 4.69) is 43.7 Å². The molecule has 2 atom stereocenters. The van der Waals surface area contributed by atoms with Gasteiger partial charge in [0.25, 0.3) is 0 Å². The number of hydrogen-bond donors (Lipinski definition) is 4. The van der Waals surface area contributed by atoms with Crippen molar-refractivity contribution in [2.75, 3.05) is 10.6 Å². The highest BCUT2D eigenvalue weighted by Gasteiger charge is 2.67. The van der Waals surface area contributed by atoms with Gasteiger partial charge in [-0.1, -0.05) is 48.0 Å². The van der Waals surface area contributed by atoms with E-state index in [-0.39, 0.29) is 58.5 Å². The SMILES string of the molecule is [2H][C@@](Nc1cc(Cl)c2ncc(C#N)c(N[C@H](CCC#N)c3ccccc3)c2c1)(C1=CN(C2(C(F)(F)F)CC2)NN1)c1ccc(F)nc1C. The summed E-state index contributed by atoms with van der Waals surface area (Å²) < 4.78 is 65.8. The van der Waals surface area contributed by atoms with E-state index in [1.165, 1.54) is 31.5 Å². The van der Waals surface area contributed by atoms with Crippen molar-refractivity contribution in [3.63, 3.8) is 0 Å². The molecule has 1 fully saturated rings. The molecule has 2 aromatic carbocycles. The molecule has 0 bridgehead atoms. The summed E-state index contributed by atoms with van der Waals surface area (Å²) in [5.74, 6) is -0.787. The fourth-order valence-corrected chi connectivity index (χ4v) is 5.90. The van der Waals surface area contributed by atoms with Crippen molar-refractivity contribution >= 4 is 33.9 Å². The van der Waals surface area contributed by atoms with E-state index >= 15 is 0 Å². The van der Waals surface area contributed by atoms with Gasteiger partial charge in [-0.15, -0.1) is 5.53 Å². The molecule has 0 amide bonds. The molecule has 6 rings (SSSR count).